The van der Waals surface area contributed by atoms with E-state index in [2.05, 4.69) is 206 Å². The Morgan fingerprint density at radius 3 is 1.37 bits per heavy atom. The summed E-state index contributed by atoms with van der Waals surface area (Å²) in [6.07, 6.45) is 5.80. The van der Waals surface area contributed by atoms with E-state index in [0.29, 0.717) is 17.5 Å². The highest BCUT2D eigenvalue weighted by molar-refractivity contribution is 7.70. The molecule has 1 saturated carbocycles. The summed E-state index contributed by atoms with van der Waals surface area (Å²) in [6, 6.07) is 77.6. The number of fused-ring (bicyclic) bond motifs is 1. The molecule has 0 aliphatic heterocycles. The summed E-state index contributed by atoms with van der Waals surface area (Å²) in [6.45, 7) is 3.72. The maximum Gasteiger partial charge on any atom is 0.164 e. The van der Waals surface area contributed by atoms with E-state index in [1.807, 2.05) is 25.5 Å². The number of nitrogens with zero attached hydrogens (tertiary/aromatic N) is 3. The quantitative estimate of drug-likeness (QED) is 0.128. The monoisotopic (exact) mass is 897 g/mol. The minimum atomic E-state index is -2.45. The predicted octanol–water partition coefficient (Wildman–Crippen LogP) is 16.2. The molecule has 330 valence electrons. The van der Waals surface area contributed by atoms with Crippen LogP contribution in [0.2, 0.25) is 0 Å². The lowest BCUT2D eigenvalue weighted by Crippen LogP contribution is -2.30. The Kier molecular flexibility index (Phi) is 11.6. The van der Waals surface area contributed by atoms with Crippen LogP contribution in [-0.4, -0.2) is 28.3 Å². The SMILES string of the molecule is CP(C)(=O)c1ccc(-c2ccc(C3(c4ccc(-c5nc(-c6ccc(-c7ccccc7-c7ccccc7)cc6)nc(-c6cccc(-c7ccccc7)c6)n5)cc4)CCCCC3)cc2)c2ccccc12. The fourth-order valence-corrected chi connectivity index (χ4v) is 11.7. The standard InChI is InChI=1S/C63H52N3OP/c1-68(2,67)59-40-39-56(57-25-12-13-26-58(57)59)47-31-35-52(36-32-47)63(41-14-5-15-42-63)53-37-33-49(34-38-53)61-64-60(65-62(66-61)51-22-16-21-50(43-51)44-17-6-3-7-18-44)48-29-27-46(28-30-48)55-24-11-10-23-54(55)45-19-8-4-9-20-45/h3-4,6-13,16-40,43H,5,14-15,41-42H2,1-2H3. The zero-order chi connectivity index (χ0) is 46.1. The van der Waals surface area contributed by atoms with Crippen molar-refractivity contribution in [1.29, 1.82) is 0 Å². The van der Waals surface area contributed by atoms with Crippen molar-refractivity contribution in [3.05, 3.63) is 230 Å². The van der Waals surface area contributed by atoms with Gasteiger partial charge in [-0.15, -0.1) is 0 Å². The predicted molar refractivity (Wildman–Crippen MR) is 285 cm³/mol. The van der Waals surface area contributed by atoms with Gasteiger partial charge in [0.05, 0.1) is 0 Å². The number of benzene rings is 9. The van der Waals surface area contributed by atoms with Crippen LogP contribution in [0.5, 0.6) is 0 Å². The summed E-state index contributed by atoms with van der Waals surface area (Å²) in [7, 11) is -2.45. The molecule has 11 rings (SSSR count). The fourth-order valence-electron chi connectivity index (χ4n) is 10.4. The second-order valence-corrected chi connectivity index (χ2v) is 21.8. The van der Waals surface area contributed by atoms with Crippen molar-refractivity contribution in [2.75, 3.05) is 13.3 Å². The molecular formula is C63H52N3OP. The molecule has 0 bridgehead atoms. The molecule has 68 heavy (non-hydrogen) atoms. The molecular weight excluding hydrogens is 846 g/mol. The molecule has 0 unspecified atom stereocenters. The normalized spacial score (nSPS) is 13.6. The Bertz CT molecular complexity index is 3450. The topological polar surface area (TPSA) is 55.7 Å². The van der Waals surface area contributed by atoms with Crippen LogP contribution in [-0.2, 0) is 9.98 Å². The van der Waals surface area contributed by atoms with Crippen molar-refractivity contribution in [2.24, 2.45) is 0 Å². The molecule has 1 aromatic heterocycles. The molecule has 0 amide bonds. The molecule has 1 aliphatic carbocycles. The molecule has 0 radical (unpaired) electrons. The highest BCUT2D eigenvalue weighted by atomic mass is 31.2. The van der Waals surface area contributed by atoms with Crippen LogP contribution in [0, 0.1) is 0 Å². The second-order valence-electron chi connectivity index (χ2n) is 18.6. The van der Waals surface area contributed by atoms with Crippen LogP contribution in [0.1, 0.15) is 43.2 Å². The summed E-state index contributed by atoms with van der Waals surface area (Å²) >= 11 is 0. The zero-order valence-corrected chi connectivity index (χ0v) is 39.4. The van der Waals surface area contributed by atoms with Crippen LogP contribution in [0.15, 0.2) is 218 Å². The highest BCUT2D eigenvalue weighted by Crippen LogP contribution is 2.47. The van der Waals surface area contributed by atoms with Crippen LogP contribution in [0.25, 0.3) is 89.4 Å². The summed E-state index contributed by atoms with van der Waals surface area (Å²) in [5, 5.41) is 3.15. The number of hydrogen-bond acceptors (Lipinski definition) is 4. The number of rotatable bonds is 10. The first-order chi connectivity index (χ1) is 33.3. The molecule has 1 heterocycles. The second kappa shape index (κ2) is 18.3. The molecule has 0 atom stereocenters. The summed E-state index contributed by atoms with van der Waals surface area (Å²) in [5.41, 5.74) is 14.7. The third-order valence-corrected chi connectivity index (χ3v) is 15.5. The molecule has 1 aliphatic rings. The molecule has 9 aromatic carbocycles. The number of hydrogen-bond donors (Lipinski definition) is 0. The Labute approximate surface area is 399 Å². The van der Waals surface area contributed by atoms with E-state index >= 15 is 0 Å². The summed E-state index contributed by atoms with van der Waals surface area (Å²) in [5.74, 6) is 1.91. The van der Waals surface area contributed by atoms with Crippen molar-refractivity contribution >= 4 is 23.2 Å². The van der Waals surface area contributed by atoms with Gasteiger partial charge in [0.25, 0.3) is 0 Å². The van der Waals surface area contributed by atoms with Gasteiger partial charge in [-0.3, -0.25) is 0 Å². The van der Waals surface area contributed by atoms with E-state index in [1.54, 1.807) is 0 Å². The molecule has 5 heteroatoms. The molecule has 1 fully saturated rings. The van der Waals surface area contributed by atoms with Crippen molar-refractivity contribution in [2.45, 2.75) is 37.5 Å². The van der Waals surface area contributed by atoms with Crippen LogP contribution in [0.4, 0.5) is 0 Å². The van der Waals surface area contributed by atoms with Crippen LogP contribution >= 0.6 is 7.14 Å². The van der Waals surface area contributed by atoms with Gasteiger partial charge in [-0.05, 0) is 98.6 Å². The fraction of sp³-hybridized carbons (Fsp3) is 0.127. The van der Waals surface area contributed by atoms with Gasteiger partial charge in [0.1, 0.15) is 7.14 Å². The molecule has 10 aromatic rings. The average Bonchev–Trinajstić information content (AvgIpc) is 3.41. The lowest BCUT2D eigenvalue weighted by Gasteiger charge is -2.39. The smallest absolute Gasteiger partial charge is 0.164 e. The third kappa shape index (κ3) is 8.42. The number of aromatic nitrogens is 3. The lowest BCUT2D eigenvalue weighted by atomic mass is 9.65. The van der Waals surface area contributed by atoms with Crippen LogP contribution in [0.3, 0.4) is 0 Å². The first-order valence-corrected chi connectivity index (χ1v) is 26.4. The first kappa shape index (κ1) is 43.1. The Balaban J connectivity index is 0.958. The average molecular weight is 898 g/mol. The van der Waals surface area contributed by atoms with Gasteiger partial charge < -0.3 is 4.57 Å². The maximum absolute atomic E-state index is 13.3. The summed E-state index contributed by atoms with van der Waals surface area (Å²) in [4.78, 5) is 15.6. The third-order valence-electron chi connectivity index (χ3n) is 14.0. The van der Waals surface area contributed by atoms with Crippen molar-refractivity contribution in [1.82, 2.24) is 15.0 Å². The van der Waals surface area contributed by atoms with Crippen molar-refractivity contribution < 1.29 is 4.57 Å². The van der Waals surface area contributed by atoms with Gasteiger partial charge in [-0.2, -0.15) is 0 Å². The molecule has 4 nitrogen and oxygen atoms in total. The van der Waals surface area contributed by atoms with Gasteiger partial charge in [0.2, 0.25) is 0 Å². The van der Waals surface area contributed by atoms with E-state index in [4.69, 9.17) is 15.0 Å². The van der Waals surface area contributed by atoms with Gasteiger partial charge in [0, 0.05) is 27.4 Å². The van der Waals surface area contributed by atoms with E-state index in [-0.39, 0.29) is 5.41 Å². The lowest BCUT2D eigenvalue weighted by molar-refractivity contribution is 0.346. The van der Waals surface area contributed by atoms with Crippen LogP contribution < -0.4 is 5.30 Å². The van der Waals surface area contributed by atoms with E-state index < -0.39 is 7.14 Å². The van der Waals surface area contributed by atoms with Gasteiger partial charge in [-0.25, -0.2) is 15.0 Å². The minimum absolute atomic E-state index is 0.105. The van der Waals surface area contributed by atoms with Gasteiger partial charge in [0.15, 0.2) is 17.5 Å². The van der Waals surface area contributed by atoms with Gasteiger partial charge >= 0.3 is 0 Å². The Morgan fingerprint density at radius 2 is 0.779 bits per heavy atom. The first-order valence-electron chi connectivity index (χ1n) is 23.8. The Hall–Kier alpha value is -7.52. The van der Waals surface area contributed by atoms with E-state index in [9.17, 15) is 4.57 Å². The molecule has 0 spiro atoms. The zero-order valence-electron chi connectivity index (χ0n) is 38.5. The van der Waals surface area contributed by atoms with Crippen molar-refractivity contribution in [3.8, 4) is 78.7 Å². The maximum atomic E-state index is 13.3. The van der Waals surface area contributed by atoms with E-state index in [1.165, 1.54) is 58.2 Å². The molecule has 0 saturated heterocycles. The Morgan fingerprint density at radius 1 is 0.353 bits per heavy atom. The van der Waals surface area contributed by atoms with Crippen molar-refractivity contribution in [3.63, 3.8) is 0 Å². The van der Waals surface area contributed by atoms with E-state index in [0.717, 1.165) is 62.3 Å². The summed E-state index contributed by atoms with van der Waals surface area (Å²) < 4.78 is 13.3. The largest absolute Gasteiger partial charge is 0.319 e. The highest BCUT2D eigenvalue weighted by Gasteiger charge is 2.36. The van der Waals surface area contributed by atoms with Gasteiger partial charge in [-0.1, -0.05) is 232 Å². The molecule has 0 N–H and O–H groups in total. The minimum Gasteiger partial charge on any atom is -0.319 e.